The van der Waals surface area contributed by atoms with Crippen LogP contribution in [0.1, 0.15) is 16.7 Å². The van der Waals surface area contributed by atoms with Gasteiger partial charge in [-0.1, -0.05) is 30.3 Å². The van der Waals surface area contributed by atoms with Gasteiger partial charge < -0.3 is 10.3 Å². The lowest BCUT2D eigenvalue weighted by Crippen LogP contribution is -2.07. The minimum Gasteiger partial charge on any atom is -0.355 e. The van der Waals surface area contributed by atoms with Gasteiger partial charge in [0.15, 0.2) is 0 Å². The Morgan fingerprint density at radius 3 is 2.78 bits per heavy atom. The van der Waals surface area contributed by atoms with Gasteiger partial charge in [-0.3, -0.25) is 0 Å². The maximum atomic E-state index is 3.91. The van der Waals surface area contributed by atoms with Crippen LogP contribution < -0.4 is 5.32 Å². The highest BCUT2D eigenvalue weighted by Crippen LogP contribution is 2.33. The first kappa shape index (κ1) is 11.0. The number of nitrogens with zero attached hydrogens (tertiary/aromatic N) is 1. The molecular formula is C16H16N2. The van der Waals surface area contributed by atoms with Crippen molar-refractivity contribution < 1.29 is 0 Å². The molecule has 2 aromatic carbocycles. The topological polar surface area (TPSA) is 24.4 Å². The molecule has 18 heavy (non-hydrogen) atoms. The van der Waals surface area contributed by atoms with E-state index in [1.54, 1.807) is 0 Å². The number of anilines is 2. The highest BCUT2D eigenvalue weighted by Gasteiger charge is 2.13. The molecule has 3 rings (SSSR count). The van der Waals surface area contributed by atoms with Crippen LogP contribution in [-0.4, -0.2) is 13.3 Å². The number of aliphatic imine (C=N–C) groups is 1. The Balaban J connectivity index is 1.91. The summed E-state index contributed by atoms with van der Waals surface area (Å²) in [5, 5.41) is 3.51. The van der Waals surface area contributed by atoms with Gasteiger partial charge in [-0.2, -0.15) is 0 Å². The standard InChI is InChI=1S/C16H16N2/c1-17-9-8-12-6-7-14-11-13-4-2-3-5-15(13)18-16(14)10-12/h2-7,10,18H,1,8-9,11H2. The van der Waals surface area contributed by atoms with Crippen LogP contribution in [0.25, 0.3) is 0 Å². The van der Waals surface area contributed by atoms with Gasteiger partial charge >= 0.3 is 0 Å². The summed E-state index contributed by atoms with van der Waals surface area (Å²) in [5.41, 5.74) is 6.50. The van der Waals surface area contributed by atoms with Gasteiger partial charge in [0.25, 0.3) is 0 Å². The summed E-state index contributed by atoms with van der Waals surface area (Å²) < 4.78 is 0. The summed E-state index contributed by atoms with van der Waals surface area (Å²) in [6.45, 7) is 4.31. The molecule has 0 spiro atoms. The van der Waals surface area contributed by atoms with Crippen LogP contribution in [0.5, 0.6) is 0 Å². The molecule has 0 fully saturated rings. The summed E-state index contributed by atoms with van der Waals surface area (Å²) in [7, 11) is 0. The Hall–Kier alpha value is -2.09. The zero-order valence-corrected chi connectivity index (χ0v) is 10.3. The van der Waals surface area contributed by atoms with Crippen LogP contribution in [0.4, 0.5) is 11.4 Å². The number of nitrogens with one attached hydrogen (secondary N) is 1. The molecule has 90 valence electrons. The Morgan fingerprint density at radius 1 is 1.06 bits per heavy atom. The third kappa shape index (κ3) is 2.02. The fourth-order valence-corrected chi connectivity index (χ4v) is 2.40. The summed E-state index contributed by atoms with van der Waals surface area (Å²) in [6.07, 6.45) is 1.97. The number of fused-ring (bicyclic) bond motifs is 2. The molecule has 0 aliphatic carbocycles. The van der Waals surface area contributed by atoms with E-state index in [0.29, 0.717) is 0 Å². The second-order valence-corrected chi connectivity index (χ2v) is 4.65. The summed E-state index contributed by atoms with van der Waals surface area (Å²) in [6, 6.07) is 15.1. The molecule has 0 atom stereocenters. The molecule has 0 unspecified atom stereocenters. The number of rotatable bonds is 3. The SMILES string of the molecule is C=NCCc1ccc2c(c1)Nc1ccccc1C2. The van der Waals surface area contributed by atoms with Gasteiger partial charge in [-0.15, -0.1) is 0 Å². The molecule has 1 aliphatic rings. The highest BCUT2D eigenvalue weighted by molar-refractivity contribution is 5.72. The number of hydrogen-bond acceptors (Lipinski definition) is 2. The van der Waals surface area contributed by atoms with Crippen LogP contribution in [0.2, 0.25) is 0 Å². The van der Waals surface area contributed by atoms with Gasteiger partial charge in [0.05, 0.1) is 0 Å². The third-order valence-corrected chi connectivity index (χ3v) is 3.40. The van der Waals surface area contributed by atoms with Gasteiger partial charge in [-0.05, 0) is 42.0 Å². The molecule has 0 bridgehead atoms. The minimum absolute atomic E-state index is 0.787. The van der Waals surface area contributed by atoms with Crippen molar-refractivity contribution in [3.63, 3.8) is 0 Å². The van der Waals surface area contributed by atoms with Crippen molar-refractivity contribution in [1.29, 1.82) is 0 Å². The lowest BCUT2D eigenvalue weighted by atomic mass is 9.95. The fourth-order valence-electron chi connectivity index (χ4n) is 2.40. The van der Waals surface area contributed by atoms with Gasteiger partial charge in [0.2, 0.25) is 0 Å². The average molecular weight is 236 g/mol. The minimum atomic E-state index is 0.787. The van der Waals surface area contributed by atoms with E-state index >= 15 is 0 Å². The van der Waals surface area contributed by atoms with E-state index in [-0.39, 0.29) is 0 Å². The number of hydrogen-bond donors (Lipinski definition) is 1. The van der Waals surface area contributed by atoms with Crippen LogP contribution in [0, 0.1) is 0 Å². The Morgan fingerprint density at radius 2 is 1.89 bits per heavy atom. The second-order valence-electron chi connectivity index (χ2n) is 4.65. The predicted octanol–water partition coefficient (Wildman–Crippen LogP) is 3.58. The van der Waals surface area contributed by atoms with E-state index in [0.717, 1.165) is 19.4 Å². The summed E-state index contributed by atoms with van der Waals surface area (Å²) in [4.78, 5) is 3.91. The predicted molar refractivity (Wildman–Crippen MR) is 77.1 cm³/mol. The smallest absolute Gasteiger partial charge is 0.0423 e. The van der Waals surface area contributed by atoms with Gasteiger partial charge in [0.1, 0.15) is 0 Å². The third-order valence-electron chi connectivity index (χ3n) is 3.40. The summed E-state index contributed by atoms with van der Waals surface area (Å²) in [5.74, 6) is 0. The molecule has 2 aromatic rings. The molecule has 0 saturated carbocycles. The van der Waals surface area contributed by atoms with E-state index in [9.17, 15) is 0 Å². The van der Waals surface area contributed by atoms with Crippen LogP contribution in [-0.2, 0) is 12.8 Å². The molecule has 2 nitrogen and oxygen atoms in total. The lowest BCUT2D eigenvalue weighted by Gasteiger charge is -2.22. The highest BCUT2D eigenvalue weighted by atomic mass is 14.9. The first-order valence-electron chi connectivity index (χ1n) is 6.26. The Kier molecular flexibility index (Phi) is 2.85. The van der Waals surface area contributed by atoms with Crippen LogP contribution in [0.3, 0.4) is 0 Å². The fraction of sp³-hybridized carbons (Fsp3) is 0.188. The van der Waals surface area contributed by atoms with Crippen molar-refractivity contribution in [2.24, 2.45) is 4.99 Å². The van der Waals surface area contributed by atoms with E-state index in [2.05, 4.69) is 59.5 Å². The Bertz CT molecular complexity index is 587. The van der Waals surface area contributed by atoms with E-state index in [4.69, 9.17) is 0 Å². The van der Waals surface area contributed by atoms with Crippen molar-refractivity contribution >= 4 is 18.1 Å². The van der Waals surface area contributed by atoms with E-state index < -0.39 is 0 Å². The maximum absolute atomic E-state index is 3.91. The Labute approximate surface area is 107 Å². The zero-order chi connectivity index (χ0) is 12.4. The molecule has 0 radical (unpaired) electrons. The largest absolute Gasteiger partial charge is 0.355 e. The first-order chi connectivity index (χ1) is 8.86. The molecule has 1 heterocycles. The van der Waals surface area contributed by atoms with E-state index in [1.165, 1.54) is 28.1 Å². The van der Waals surface area contributed by atoms with E-state index in [1.807, 2.05) is 0 Å². The monoisotopic (exact) mass is 236 g/mol. The lowest BCUT2D eigenvalue weighted by molar-refractivity contribution is 0.974. The molecular weight excluding hydrogens is 220 g/mol. The number of para-hydroxylation sites is 1. The van der Waals surface area contributed by atoms with Crippen LogP contribution >= 0.6 is 0 Å². The van der Waals surface area contributed by atoms with Crippen molar-refractivity contribution in [3.05, 3.63) is 59.2 Å². The van der Waals surface area contributed by atoms with Crippen molar-refractivity contribution in [1.82, 2.24) is 0 Å². The molecule has 1 N–H and O–H groups in total. The second kappa shape index (κ2) is 4.65. The maximum Gasteiger partial charge on any atom is 0.0423 e. The van der Waals surface area contributed by atoms with Crippen LogP contribution in [0.15, 0.2) is 47.5 Å². The molecule has 0 amide bonds. The van der Waals surface area contributed by atoms with Gasteiger partial charge in [-0.25, -0.2) is 0 Å². The average Bonchev–Trinajstić information content (AvgIpc) is 2.42. The normalized spacial score (nSPS) is 12.2. The van der Waals surface area contributed by atoms with Crippen molar-refractivity contribution in [3.8, 4) is 0 Å². The first-order valence-corrected chi connectivity index (χ1v) is 6.26. The van der Waals surface area contributed by atoms with Crippen molar-refractivity contribution in [2.75, 3.05) is 11.9 Å². The van der Waals surface area contributed by atoms with Gasteiger partial charge in [0, 0.05) is 24.3 Å². The van der Waals surface area contributed by atoms with Crippen molar-refractivity contribution in [2.45, 2.75) is 12.8 Å². The summed E-state index contributed by atoms with van der Waals surface area (Å²) >= 11 is 0. The molecule has 0 aromatic heterocycles. The zero-order valence-electron chi connectivity index (χ0n) is 10.3. The number of benzene rings is 2. The molecule has 1 aliphatic heterocycles. The molecule has 2 heteroatoms. The molecule has 0 saturated heterocycles. The quantitative estimate of drug-likeness (QED) is 0.691.